The van der Waals surface area contributed by atoms with Crippen molar-refractivity contribution in [3.8, 4) is 23.3 Å². The van der Waals surface area contributed by atoms with Crippen LogP contribution in [0.5, 0.6) is 17.2 Å². The van der Waals surface area contributed by atoms with Gasteiger partial charge in [-0.3, -0.25) is 4.79 Å². The fourth-order valence-corrected chi connectivity index (χ4v) is 2.77. The average Bonchev–Trinajstić information content (AvgIpc) is 3.19. The molecule has 2 aromatic rings. The number of hydrogen-bond donors (Lipinski definition) is 1. The molecule has 6 heteroatoms. The fourth-order valence-electron chi connectivity index (χ4n) is 2.77. The normalized spacial score (nSPS) is 12.6. The maximum absolute atomic E-state index is 12.5. The lowest BCUT2D eigenvalue weighted by molar-refractivity contribution is -0.117. The molecule has 1 N–H and O–H groups in total. The molecule has 0 radical (unpaired) electrons. The average molecular weight is 392 g/mol. The molecule has 0 spiro atoms. The minimum absolute atomic E-state index is 0.0191. The van der Waals surface area contributed by atoms with Crippen molar-refractivity contribution in [2.24, 2.45) is 5.92 Å². The van der Waals surface area contributed by atoms with Crippen LogP contribution in [0.15, 0.2) is 48.0 Å². The standard InChI is InChI=1S/C23H24N2O4/c1-16(2)9-10-27-20-6-4-3-5-18(20)12-19(13-24)23(26)25-14-17-7-8-21-22(11-17)29-15-28-21/h3-8,11-12,16H,9-10,14-15H2,1-2H3,(H,25,26)/b19-12+. The molecule has 3 rings (SSSR count). The summed E-state index contributed by atoms with van der Waals surface area (Å²) in [6, 6.07) is 14.8. The summed E-state index contributed by atoms with van der Waals surface area (Å²) >= 11 is 0. The van der Waals surface area contributed by atoms with Gasteiger partial charge in [0.05, 0.1) is 6.61 Å². The smallest absolute Gasteiger partial charge is 0.262 e. The van der Waals surface area contributed by atoms with Gasteiger partial charge in [-0.05, 0) is 42.2 Å². The molecule has 0 bridgehead atoms. The first-order valence-electron chi connectivity index (χ1n) is 9.57. The van der Waals surface area contributed by atoms with Crippen molar-refractivity contribution in [3.05, 3.63) is 59.2 Å². The zero-order chi connectivity index (χ0) is 20.6. The number of carbonyl (C=O) groups excluding carboxylic acids is 1. The van der Waals surface area contributed by atoms with Gasteiger partial charge in [0.2, 0.25) is 6.79 Å². The Hall–Kier alpha value is -3.46. The number of fused-ring (bicyclic) bond motifs is 1. The topological polar surface area (TPSA) is 80.6 Å². The van der Waals surface area contributed by atoms with Crippen LogP contribution in [-0.2, 0) is 11.3 Å². The Morgan fingerprint density at radius 2 is 2.03 bits per heavy atom. The van der Waals surface area contributed by atoms with Gasteiger partial charge in [-0.25, -0.2) is 0 Å². The number of nitrogens with one attached hydrogen (secondary N) is 1. The lowest BCUT2D eigenvalue weighted by Crippen LogP contribution is -2.23. The molecule has 0 saturated carbocycles. The third kappa shape index (κ3) is 5.52. The molecule has 0 unspecified atom stereocenters. The molecular weight excluding hydrogens is 368 g/mol. The highest BCUT2D eigenvalue weighted by atomic mass is 16.7. The van der Waals surface area contributed by atoms with E-state index < -0.39 is 5.91 Å². The quantitative estimate of drug-likeness (QED) is 0.541. The van der Waals surface area contributed by atoms with Crippen LogP contribution in [0.25, 0.3) is 6.08 Å². The number of nitriles is 1. The summed E-state index contributed by atoms with van der Waals surface area (Å²) in [6.45, 7) is 5.33. The van der Waals surface area contributed by atoms with E-state index in [9.17, 15) is 10.1 Å². The van der Waals surface area contributed by atoms with Gasteiger partial charge in [-0.1, -0.05) is 38.1 Å². The van der Waals surface area contributed by atoms with Crippen LogP contribution >= 0.6 is 0 Å². The Kier molecular flexibility index (Phi) is 6.75. The Morgan fingerprint density at radius 3 is 2.83 bits per heavy atom. The third-order valence-corrected chi connectivity index (χ3v) is 4.43. The molecule has 0 aliphatic carbocycles. The van der Waals surface area contributed by atoms with Crippen LogP contribution < -0.4 is 19.5 Å². The molecule has 1 amide bonds. The molecule has 2 aromatic carbocycles. The Labute approximate surface area is 170 Å². The van der Waals surface area contributed by atoms with E-state index in [4.69, 9.17) is 14.2 Å². The molecule has 1 aliphatic heterocycles. The van der Waals surface area contributed by atoms with Crippen LogP contribution in [0.3, 0.4) is 0 Å². The Bertz CT molecular complexity index is 944. The molecule has 1 aliphatic rings. The van der Waals surface area contributed by atoms with E-state index in [1.54, 1.807) is 12.1 Å². The van der Waals surface area contributed by atoms with Crippen molar-refractivity contribution in [2.75, 3.05) is 13.4 Å². The van der Waals surface area contributed by atoms with Gasteiger partial charge in [0.1, 0.15) is 17.4 Å². The van der Waals surface area contributed by atoms with Crippen molar-refractivity contribution in [3.63, 3.8) is 0 Å². The lowest BCUT2D eigenvalue weighted by Gasteiger charge is -2.11. The van der Waals surface area contributed by atoms with Gasteiger partial charge in [-0.2, -0.15) is 5.26 Å². The van der Waals surface area contributed by atoms with E-state index in [2.05, 4.69) is 19.2 Å². The second kappa shape index (κ2) is 9.65. The summed E-state index contributed by atoms with van der Waals surface area (Å²) in [7, 11) is 0. The first-order chi connectivity index (χ1) is 14.1. The monoisotopic (exact) mass is 392 g/mol. The second-order valence-electron chi connectivity index (χ2n) is 7.11. The number of rotatable bonds is 8. The molecule has 0 atom stereocenters. The number of ether oxygens (including phenoxy) is 3. The minimum atomic E-state index is -0.442. The van der Waals surface area contributed by atoms with E-state index in [0.717, 1.165) is 12.0 Å². The van der Waals surface area contributed by atoms with Crippen LogP contribution in [-0.4, -0.2) is 19.3 Å². The highest BCUT2D eigenvalue weighted by Gasteiger charge is 2.15. The van der Waals surface area contributed by atoms with Crippen molar-refractivity contribution < 1.29 is 19.0 Å². The third-order valence-electron chi connectivity index (χ3n) is 4.43. The van der Waals surface area contributed by atoms with Gasteiger partial charge in [0.25, 0.3) is 5.91 Å². The molecule has 0 aromatic heterocycles. The molecule has 0 fully saturated rings. The minimum Gasteiger partial charge on any atom is -0.493 e. The summed E-state index contributed by atoms with van der Waals surface area (Å²) in [5, 5.41) is 12.2. The number of nitrogens with zero attached hydrogens (tertiary/aromatic N) is 1. The van der Waals surface area contributed by atoms with Crippen LogP contribution in [0.2, 0.25) is 0 Å². The largest absolute Gasteiger partial charge is 0.493 e. The fraction of sp³-hybridized carbons (Fsp3) is 0.304. The maximum atomic E-state index is 12.5. The maximum Gasteiger partial charge on any atom is 0.262 e. The van der Waals surface area contributed by atoms with Crippen molar-refractivity contribution in [2.45, 2.75) is 26.8 Å². The zero-order valence-electron chi connectivity index (χ0n) is 16.6. The van der Waals surface area contributed by atoms with E-state index in [0.29, 0.717) is 35.3 Å². The van der Waals surface area contributed by atoms with E-state index in [1.807, 2.05) is 42.5 Å². The molecular formula is C23H24N2O4. The first-order valence-corrected chi connectivity index (χ1v) is 9.57. The van der Waals surface area contributed by atoms with Crippen molar-refractivity contribution >= 4 is 12.0 Å². The van der Waals surface area contributed by atoms with Crippen LogP contribution in [0.1, 0.15) is 31.4 Å². The molecule has 0 saturated heterocycles. The summed E-state index contributed by atoms with van der Waals surface area (Å²) in [4.78, 5) is 12.5. The summed E-state index contributed by atoms with van der Waals surface area (Å²) < 4.78 is 16.5. The summed E-state index contributed by atoms with van der Waals surface area (Å²) in [5.74, 6) is 2.09. The van der Waals surface area contributed by atoms with Crippen molar-refractivity contribution in [1.29, 1.82) is 5.26 Å². The number of amides is 1. The second-order valence-corrected chi connectivity index (χ2v) is 7.11. The number of benzene rings is 2. The van der Waals surface area contributed by atoms with E-state index in [1.165, 1.54) is 0 Å². The SMILES string of the molecule is CC(C)CCOc1ccccc1/C=C(\C#N)C(=O)NCc1ccc2c(c1)OCO2. The summed E-state index contributed by atoms with van der Waals surface area (Å²) in [5.41, 5.74) is 1.58. The molecule has 6 nitrogen and oxygen atoms in total. The highest BCUT2D eigenvalue weighted by Crippen LogP contribution is 2.32. The van der Waals surface area contributed by atoms with Gasteiger partial charge in [-0.15, -0.1) is 0 Å². The van der Waals surface area contributed by atoms with Gasteiger partial charge in [0, 0.05) is 12.1 Å². The molecule has 29 heavy (non-hydrogen) atoms. The Balaban J connectivity index is 1.66. The van der Waals surface area contributed by atoms with Crippen LogP contribution in [0.4, 0.5) is 0 Å². The molecule has 1 heterocycles. The first kappa shape index (κ1) is 20.3. The Morgan fingerprint density at radius 1 is 1.24 bits per heavy atom. The van der Waals surface area contributed by atoms with Gasteiger partial charge in [0.15, 0.2) is 11.5 Å². The molecule has 150 valence electrons. The zero-order valence-corrected chi connectivity index (χ0v) is 16.6. The predicted molar refractivity (Wildman–Crippen MR) is 109 cm³/mol. The lowest BCUT2D eigenvalue weighted by atomic mass is 10.1. The van der Waals surface area contributed by atoms with Gasteiger partial charge < -0.3 is 19.5 Å². The predicted octanol–water partition coefficient (Wildman–Crippen LogP) is 4.06. The summed E-state index contributed by atoms with van der Waals surface area (Å²) in [6.07, 6.45) is 2.48. The van der Waals surface area contributed by atoms with Crippen LogP contribution in [0, 0.1) is 17.2 Å². The number of hydrogen-bond acceptors (Lipinski definition) is 5. The van der Waals surface area contributed by atoms with E-state index in [-0.39, 0.29) is 18.9 Å². The highest BCUT2D eigenvalue weighted by molar-refractivity contribution is 6.01. The van der Waals surface area contributed by atoms with Crippen molar-refractivity contribution in [1.82, 2.24) is 5.32 Å². The van der Waals surface area contributed by atoms with E-state index >= 15 is 0 Å². The number of para-hydroxylation sites is 1. The van der Waals surface area contributed by atoms with Gasteiger partial charge >= 0.3 is 0 Å². The number of carbonyl (C=O) groups is 1.